The predicted molar refractivity (Wildman–Crippen MR) is 80.4 cm³/mol. The fourth-order valence-corrected chi connectivity index (χ4v) is 3.58. The Morgan fingerprint density at radius 2 is 2.14 bits per heavy atom. The van der Waals surface area contributed by atoms with Gasteiger partial charge in [0.1, 0.15) is 0 Å². The van der Waals surface area contributed by atoms with Crippen LogP contribution in [-0.4, -0.2) is 27.5 Å². The highest BCUT2D eigenvalue weighted by Crippen LogP contribution is 2.33. The average Bonchev–Trinajstić information content (AvgIpc) is 3.22. The minimum Gasteiger partial charge on any atom is -0.350 e. The summed E-state index contributed by atoms with van der Waals surface area (Å²) in [5.41, 5.74) is 2.97. The first-order chi connectivity index (χ1) is 10.8. The highest BCUT2D eigenvalue weighted by molar-refractivity contribution is 5.93. The SMILES string of the molecule is O=C(c1onc2c1CCCC2)N1CCC[C@H]1c1ccccn1. The summed E-state index contributed by atoms with van der Waals surface area (Å²) in [5, 5.41) is 4.11. The molecule has 1 amide bonds. The number of likely N-dealkylation sites (tertiary alicyclic amines) is 1. The standard InChI is InChI=1S/C17H19N3O2/c21-17(16-12-6-1-2-7-13(12)19-22-16)20-11-5-9-15(20)14-8-3-4-10-18-14/h3-4,8,10,15H,1-2,5-7,9,11H2/t15-/m0/s1. The number of aryl methyl sites for hydroxylation is 1. The summed E-state index contributed by atoms with van der Waals surface area (Å²) >= 11 is 0. The average molecular weight is 297 g/mol. The fraction of sp³-hybridized carbons (Fsp3) is 0.471. The highest BCUT2D eigenvalue weighted by Gasteiger charge is 2.35. The zero-order valence-electron chi connectivity index (χ0n) is 12.5. The molecular formula is C17H19N3O2. The van der Waals surface area contributed by atoms with Crippen LogP contribution in [0.3, 0.4) is 0 Å². The van der Waals surface area contributed by atoms with Gasteiger partial charge in [-0.2, -0.15) is 0 Å². The van der Waals surface area contributed by atoms with Gasteiger partial charge < -0.3 is 9.42 Å². The molecule has 1 aliphatic heterocycles. The van der Waals surface area contributed by atoms with E-state index in [4.69, 9.17) is 4.52 Å². The Balaban J connectivity index is 1.63. The molecule has 4 rings (SSSR count). The lowest BCUT2D eigenvalue weighted by atomic mass is 9.95. The first-order valence-corrected chi connectivity index (χ1v) is 8.04. The van der Waals surface area contributed by atoms with Gasteiger partial charge in [-0.1, -0.05) is 11.2 Å². The fourth-order valence-electron chi connectivity index (χ4n) is 3.58. The molecule has 0 radical (unpaired) electrons. The van der Waals surface area contributed by atoms with Crippen LogP contribution in [-0.2, 0) is 12.8 Å². The van der Waals surface area contributed by atoms with Crippen LogP contribution in [0.4, 0.5) is 0 Å². The smallest absolute Gasteiger partial charge is 0.293 e. The van der Waals surface area contributed by atoms with Crippen molar-refractivity contribution in [1.82, 2.24) is 15.0 Å². The maximum absolute atomic E-state index is 12.9. The second-order valence-electron chi connectivity index (χ2n) is 6.06. The van der Waals surface area contributed by atoms with Crippen molar-refractivity contribution in [2.75, 3.05) is 6.54 Å². The van der Waals surface area contributed by atoms with Gasteiger partial charge in [0, 0.05) is 18.3 Å². The summed E-state index contributed by atoms with van der Waals surface area (Å²) in [6.07, 6.45) is 7.82. The number of hydrogen-bond donors (Lipinski definition) is 0. The maximum Gasteiger partial charge on any atom is 0.293 e. The van der Waals surface area contributed by atoms with Crippen LogP contribution >= 0.6 is 0 Å². The third-order valence-electron chi connectivity index (χ3n) is 4.70. The normalized spacial score (nSPS) is 20.9. The summed E-state index contributed by atoms with van der Waals surface area (Å²) in [6, 6.07) is 5.92. The van der Waals surface area contributed by atoms with E-state index >= 15 is 0 Å². The molecule has 3 heterocycles. The maximum atomic E-state index is 12.9. The van der Waals surface area contributed by atoms with Crippen LogP contribution in [0.15, 0.2) is 28.9 Å². The van der Waals surface area contributed by atoms with Crippen LogP contribution in [0.25, 0.3) is 0 Å². The molecule has 2 aliphatic rings. The Morgan fingerprint density at radius 3 is 3.00 bits per heavy atom. The van der Waals surface area contributed by atoms with Gasteiger partial charge in [0.2, 0.25) is 5.76 Å². The second kappa shape index (κ2) is 5.55. The van der Waals surface area contributed by atoms with E-state index in [2.05, 4.69) is 10.1 Å². The number of carbonyl (C=O) groups is 1. The molecule has 1 aliphatic carbocycles. The Kier molecular flexibility index (Phi) is 3.41. The van der Waals surface area contributed by atoms with E-state index in [0.717, 1.165) is 62.0 Å². The Hall–Kier alpha value is -2.17. The van der Waals surface area contributed by atoms with E-state index in [1.807, 2.05) is 23.1 Å². The van der Waals surface area contributed by atoms with Gasteiger partial charge in [0.25, 0.3) is 5.91 Å². The molecule has 5 heteroatoms. The molecule has 2 aromatic heterocycles. The number of fused-ring (bicyclic) bond motifs is 1. The van der Waals surface area contributed by atoms with E-state index in [1.165, 1.54) is 0 Å². The van der Waals surface area contributed by atoms with Crippen LogP contribution in [0, 0.1) is 0 Å². The lowest BCUT2D eigenvalue weighted by Crippen LogP contribution is -2.31. The van der Waals surface area contributed by atoms with Crippen molar-refractivity contribution < 1.29 is 9.32 Å². The van der Waals surface area contributed by atoms with Crippen molar-refractivity contribution in [3.05, 3.63) is 47.1 Å². The third-order valence-corrected chi connectivity index (χ3v) is 4.70. The number of aromatic nitrogens is 2. The Labute approximate surface area is 129 Å². The van der Waals surface area contributed by atoms with Crippen molar-refractivity contribution in [3.63, 3.8) is 0 Å². The van der Waals surface area contributed by atoms with Gasteiger partial charge in [-0.25, -0.2) is 0 Å². The van der Waals surface area contributed by atoms with Gasteiger partial charge in [-0.3, -0.25) is 9.78 Å². The lowest BCUT2D eigenvalue weighted by molar-refractivity contribution is 0.0689. The molecule has 1 fully saturated rings. The molecule has 2 aromatic rings. The van der Waals surface area contributed by atoms with Gasteiger partial charge in [-0.05, 0) is 50.7 Å². The molecule has 1 atom stereocenters. The largest absolute Gasteiger partial charge is 0.350 e. The first kappa shape index (κ1) is 13.5. The summed E-state index contributed by atoms with van der Waals surface area (Å²) in [7, 11) is 0. The molecule has 114 valence electrons. The summed E-state index contributed by atoms with van der Waals surface area (Å²) in [4.78, 5) is 19.3. The molecule has 0 unspecified atom stereocenters. The number of amides is 1. The van der Waals surface area contributed by atoms with Crippen LogP contribution in [0.5, 0.6) is 0 Å². The third kappa shape index (κ3) is 2.21. The van der Waals surface area contributed by atoms with Gasteiger partial charge in [0.15, 0.2) is 0 Å². The Bertz CT molecular complexity index is 680. The topological polar surface area (TPSA) is 59.2 Å². The van der Waals surface area contributed by atoms with E-state index < -0.39 is 0 Å². The van der Waals surface area contributed by atoms with Gasteiger partial charge in [0.05, 0.1) is 17.4 Å². The summed E-state index contributed by atoms with van der Waals surface area (Å²) in [6.45, 7) is 0.759. The lowest BCUT2D eigenvalue weighted by Gasteiger charge is -2.23. The van der Waals surface area contributed by atoms with Crippen molar-refractivity contribution in [2.24, 2.45) is 0 Å². The number of hydrogen-bond acceptors (Lipinski definition) is 4. The van der Waals surface area contributed by atoms with Crippen molar-refractivity contribution >= 4 is 5.91 Å². The minimum atomic E-state index is -0.0243. The van der Waals surface area contributed by atoms with E-state index in [1.54, 1.807) is 6.20 Å². The molecule has 0 aromatic carbocycles. The van der Waals surface area contributed by atoms with Crippen LogP contribution in [0.1, 0.15) is 59.2 Å². The van der Waals surface area contributed by atoms with Crippen molar-refractivity contribution in [1.29, 1.82) is 0 Å². The summed E-state index contributed by atoms with van der Waals surface area (Å²) in [5.74, 6) is 0.432. The zero-order valence-corrected chi connectivity index (χ0v) is 12.5. The predicted octanol–water partition coefficient (Wildman–Crippen LogP) is 2.93. The molecule has 5 nitrogen and oxygen atoms in total. The molecule has 0 saturated carbocycles. The molecular weight excluding hydrogens is 278 g/mol. The highest BCUT2D eigenvalue weighted by atomic mass is 16.5. The Morgan fingerprint density at radius 1 is 1.23 bits per heavy atom. The molecule has 0 N–H and O–H groups in total. The van der Waals surface area contributed by atoms with E-state index in [9.17, 15) is 4.79 Å². The monoisotopic (exact) mass is 297 g/mol. The zero-order chi connectivity index (χ0) is 14.9. The molecule has 22 heavy (non-hydrogen) atoms. The second-order valence-corrected chi connectivity index (χ2v) is 6.06. The summed E-state index contributed by atoms with van der Waals surface area (Å²) < 4.78 is 5.41. The quantitative estimate of drug-likeness (QED) is 0.855. The van der Waals surface area contributed by atoms with Crippen molar-refractivity contribution in [2.45, 2.75) is 44.6 Å². The van der Waals surface area contributed by atoms with Gasteiger partial charge in [-0.15, -0.1) is 0 Å². The molecule has 1 saturated heterocycles. The number of carbonyl (C=O) groups excluding carboxylic acids is 1. The van der Waals surface area contributed by atoms with E-state index in [0.29, 0.717) is 5.76 Å². The van der Waals surface area contributed by atoms with Crippen LogP contribution < -0.4 is 0 Å². The van der Waals surface area contributed by atoms with E-state index in [-0.39, 0.29) is 11.9 Å². The molecule has 0 spiro atoms. The first-order valence-electron chi connectivity index (χ1n) is 8.04. The molecule has 0 bridgehead atoms. The van der Waals surface area contributed by atoms with Gasteiger partial charge >= 0.3 is 0 Å². The number of rotatable bonds is 2. The van der Waals surface area contributed by atoms with Crippen LogP contribution in [0.2, 0.25) is 0 Å². The number of pyridine rings is 1. The van der Waals surface area contributed by atoms with Crippen molar-refractivity contribution in [3.8, 4) is 0 Å². The minimum absolute atomic E-state index is 0.0243. The number of nitrogens with zero attached hydrogens (tertiary/aromatic N) is 3.